The van der Waals surface area contributed by atoms with Gasteiger partial charge in [-0.15, -0.1) is 0 Å². The van der Waals surface area contributed by atoms with Crippen LogP contribution in [0.25, 0.3) is 0 Å². The molecule has 2 saturated heterocycles. The standard InChI is InChI=1S/C17H25N3O3/c21-17(15-8-16(23-19-15)13-3-4-13)18-14-5-6-20(10-14)9-12-2-1-7-22-11-12/h8,12-14H,1-7,9-11H2,(H,18,21). The number of likely N-dealkylation sites (tertiary alicyclic amines) is 1. The Bertz CT molecular complexity index is 549. The van der Waals surface area contributed by atoms with Crippen LogP contribution in [0.1, 0.15) is 54.3 Å². The number of amides is 1. The van der Waals surface area contributed by atoms with Gasteiger partial charge in [-0.1, -0.05) is 5.16 Å². The van der Waals surface area contributed by atoms with Crippen molar-refractivity contribution in [2.75, 3.05) is 32.8 Å². The van der Waals surface area contributed by atoms with E-state index in [0.29, 0.717) is 17.5 Å². The molecule has 0 radical (unpaired) electrons. The molecule has 126 valence electrons. The highest BCUT2D eigenvalue weighted by molar-refractivity contribution is 5.92. The van der Waals surface area contributed by atoms with Gasteiger partial charge in [0.1, 0.15) is 5.76 Å². The van der Waals surface area contributed by atoms with Gasteiger partial charge in [0.25, 0.3) is 5.91 Å². The summed E-state index contributed by atoms with van der Waals surface area (Å²) < 4.78 is 10.8. The Morgan fingerprint density at radius 1 is 1.35 bits per heavy atom. The maximum Gasteiger partial charge on any atom is 0.273 e. The van der Waals surface area contributed by atoms with Crippen LogP contribution in [0.2, 0.25) is 0 Å². The quantitative estimate of drug-likeness (QED) is 0.896. The number of nitrogens with one attached hydrogen (secondary N) is 1. The van der Waals surface area contributed by atoms with E-state index in [2.05, 4.69) is 15.4 Å². The highest BCUT2D eigenvalue weighted by Gasteiger charge is 2.30. The molecule has 6 nitrogen and oxygen atoms in total. The molecular formula is C17H25N3O3. The predicted octanol–water partition coefficient (Wildman–Crippen LogP) is 1.78. The lowest BCUT2D eigenvalue weighted by atomic mass is 10.0. The van der Waals surface area contributed by atoms with Crippen LogP contribution in [-0.2, 0) is 4.74 Å². The van der Waals surface area contributed by atoms with E-state index in [4.69, 9.17) is 9.26 Å². The first kappa shape index (κ1) is 15.1. The number of rotatable bonds is 5. The molecule has 1 aromatic heterocycles. The van der Waals surface area contributed by atoms with Gasteiger partial charge >= 0.3 is 0 Å². The minimum Gasteiger partial charge on any atom is -0.381 e. The first-order valence-electron chi connectivity index (χ1n) is 8.85. The van der Waals surface area contributed by atoms with Crippen molar-refractivity contribution in [3.8, 4) is 0 Å². The van der Waals surface area contributed by atoms with Crippen LogP contribution in [0.5, 0.6) is 0 Å². The third-order valence-electron chi connectivity index (χ3n) is 5.12. The fourth-order valence-corrected chi connectivity index (χ4v) is 3.65. The fraction of sp³-hybridized carbons (Fsp3) is 0.765. The van der Waals surface area contributed by atoms with Crippen molar-refractivity contribution in [1.82, 2.24) is 15.4 Å². The number of hydrogen-bond donors (Lipinski definition) is 1. The summed E-state index contributed by atoms with van der Waals surface area (Å²) in [5.74, 6) is 1.90. The van der Waals surface area contributed by atoms with E-state index in [1.54, 1.807) is 6.07 Å². The molecule has 1 N–H and O–H groups in total. The van der Waals surface area contributed by atoms with Gasteiger partial charge in [0, 0.05) is 44.3 Å². The molecule has 0 aromatic carbocycles. The Hall–Kier alpha value is -1.40. The molecule has 0 spiro atoms. The molecule has 1 amide bonds. The Kier molecular flexibility index (Phi) is 4.35. The van der Waals surface area contributed by atoms with Crippen molar-refractivity contribution in [3.63, 3.8) is 0 Å². The third-order valence-corrected chi connectivity index (χ3v) is 5.12. The second-order valence-electron chi connectivity index (χ2n) is 7.19. The van der Waals surface area contributed by atoms with Crippen LogP contribution in [0.4, 0.5) is 0 Å². The summed E-state index contributed by atoms with van der Waals surface area (Å²) in [7, 11) is 0. The smallest absolute Gasteiger partial charge is 0.273 e. The van der Waals surface area contributed by atoms with Crippen molar-refractivity contribution in [1.29, 1.82) is 0 Å². The number of nitrogens with zero attached hydrogens (tertiary/aromatic N) is 2. The summed E-state index contributed by atoms with van der Waals surface area (Å²) in [4.78, 5) is 14.7. The zero-order valence-corrected chi connectivity index (χ0v) is 13.5. The molecule has 3 heterocycles. The Morgan fingerprint density at radius 2 is 2.26 bits per heavy atom. The predicted molar refractivity (Wildman–Crippen MR) is 84.3 cm³/mol. The second kappa shape index (κ2) is 6.61. The lowest BCUT2D eigenvalue weighted by Gasteiger charge is -2.26. The van der Waals surface area contributed by atoms with E-state index < -0.39 is 0 Å². The zero-order chi connectivity index (χ0) is 15.6. The van der Waals surface area contributed by atoms with E-state index in [1.165, 1.54) is 12.8 Å². The van der Waals surface area contributed by atoms with Gasteiger partial charge in [0.2, 0.25) is 0 Å². The molecule has 3 aliphatic rings. The third kappa shape index (κ3) is 3.75. The van der Waals surface area contributed by atoms with Crippen molar-refractivity contribution in [2.45, 2.75) is 44.1 Å². The summed E-state index contributed by atoms with van der Waals surface area (Å²) in [6, 6.07) is 2.02. The maximum absolute atomic E-state index is 12.3. The lowest BCUT2D eigenvalue weighted by Crippen LogP contribution is -2.38. The largest absolute Gasteiger partial charge is 0.381 e. The fourth-order valence-electron chi connectivity index (χ4n) is 3.65. The zero-order valence-electron chi connectivity index (χ0n) is 13.5. The Morgan fingerprint density at radius 3 is 3.04 bits per heavy atom. The Balaban J connectivity index is 1.25. The van der Waals surface area contributed by atoms with E-state index in [-0.39, 0.29) is 11.9 Å². The molecule has 2 aliphatic heterocycles. The first-order valence-corrected chi connectivity index (χ1v) is 8.85. The first-order chi connectivity index (χ1) is 11.3. The van der Waals surface area contributed by atoms with Gasteiger partial charge in [-0.25, -0.2) is 0 Å². The van der Waals surface area contributed by atoms with Crippen molar-refractivity contribution >= 4 is 5.91 Å². The average Bonchev–Trinajstić information content (AvgIpc) is 3.13. The second-order valence-corrected chi connectivity index (χ2v) is 7.19. The van der Waals surface area contributed by atoms with Crippen LogP contribution >= 0.6 is 0 Å². The van der Waals surface area contributed by atoms with Crippen LogP contribution < -0.4 is 5.32 Å². The number of carbonyl (C=O) groups excluding carboxylic acids is 1. The van der Waals surface area contributed by atoms with Gasteiger partial charge in [-0.2, -0.15) is 0 Å². The summed E-state index contributed by atoms with van der Waals surface area (Å²) in [5, 5.41) is 7.02. The minimum absolute atomic E-state index is 0.103. The Labute approximate surface area is 136 Å². The van der Waals surface area contributed by atoms with Crippen molar-refractivity contribution < 1.29 is 14.1 Å². The number of ether oxygens (including phenoxy) is 1. The molecule has 23 heavy (non-hydrogen) atoms. The molecule has 1 saturated carbocycles. The molecular weight excluding hydrogens is 294 g/mol. The average molecular weight is 319 g/mol. The summed E-state index contributed by atoms with van der Waals surface area (Å²) in [6.45, 7) is 4.86. The molecule has 0 bridgehead atoms. The van der Waals surface area contributed by atoms with Crippen LogP contribution in [0, 0.1) is 5.92 Å². The molecule has 4 rings (SSSR count). The highest BCUT2D eigenvalue weighted by atomic mass is 16.5. The van der Waals surface area contributed by atoms with Gasteiger partial charge in [-0.05, 0) is 38.0 Å². The summed E-state index contributed by atoms with van der Waals surface area (Å²) >= 11 is 0. The normalized spacial score (nSPS) is 28.9. The van der Waals surface area contributed by atoms with Gasteiger partial charge in [0.05, 0.1) is 6.61 Å². The molecule has 3 fully saturated rings. The summed E-state index contributed by atoms with van der Waals surface area (Å²) in [6.07, 6.45) is 5.74. The van der Waals surface area contributed by atoms with Gasteiger partial charge in [0.15, 0.2) is 5.69 Å². The number of aromatic nitrogens is 1. The minimum atomic E-state index is -0.103. The lowest BCUT2D eigenvalue weighted by molar-refractivity contribution is 0.0415. The maximum atomic E-state index is 12.3. The molecule has 6 heteroatoms. The molecule has 1 aliphatic carbocycles. The van der Waals surface area contributed by atoms with Gasteiger partial charge < -0.3 is 19.5 Å². The SMILES string of the molecule is O=C(NC1CCN(CC2CCCOC2)C1)c1cc(C2CC2)on1. The van der Waals surface area contributed by atoms with Gasteiger partial charge in [-0.3, -0.25) is 4.79 Å². The van der Waals surface area contributed by atoms with Crippen LogP contribution in [0.15, 0.2) is 10.6 Å². The molecule has 2 atom stereocenters. The molecule has 2 unspecified atom stereocenters. The van der Waals surface area contributed by atoms with Crippen molar-refractivity contribution in [3.05, 3.63) is 17.5 Å². The highest BCUT2D eigenvalue weighted by Crippen LogP contribution is 2.40. The van der Waals surface area contributed by atoms with E-state index >= 15 is 0 Å². The molecule has 1 aromatic rings. The topological polar surface area (TPSA) is 67.6 Å². The van der Waals surface area contributed by atoms with E-state index in [1.807, 2.05) is 0 Å². The van der Waals surface area contributed by atoms with E-state index in [0.717, 1.165) is 57.9 Å². The van der Waals surface area contributed by atoms with Crippen LogP contribution in [0.3, 0.4) is 0 Å². The van der Waals surface area contributed by atoms with E-state index in [9.17, 15) is 4.79 Å². The van der Waals surface area contributed by atoms with Crippen LogP contribution in [-0.4, -0.2) is 54.9 Å². The number of hydrogen-bond acceptors (Lipinski definition) is 5. The number of carbonyl (C=O) groups is 1. The monoisotopic (exact) mass is 319 g/mol. The van der Waals surface area contributed by atoms with Crippen molar-refractivity contribution in [2.24, 2.45) is 5.92 Å². The summed E-state index contributed by atoms with van der Waals surface area (Å²) in [5.41, 5.74) is 0.422.